The molecule has 0 aliphatic carbocycles. The standard InChI is InChI=1S/C7H13N3S/c1-7(2,3)5-6(11-4)9-10-8-5/h1-4H3,(H,8,9,10). The van der Waals surface area contributed by atoms with E-state index in [-0.39, 0.29) is 5.41 Å². The van der Waals surface area contributed by atoms with Gasteiger partial charge in [-0.3, -0.25) is 0 Å². The highest BCUT2D eigenvalue weighted by Crippen LogP contribution is 2.26. The molecule has 1 aromatic heterocycles. The minimum absolute atomic E-state index is 0.0886. The lowest BCUT2D eigenvalue weighted by molar-refractivity contribution is 0.556. The molecule has 0 saturated carbocycles. The zero-order valence-corrected chi connectivity index (χ0v) is 8.12. The van der Waals surface area contributed by atoms with E-state index in [9.17, 15) is 0 Å². The van der Waals surface area contributed by atoms with Crippen LogP contribution in [0.5, 0.6) is 0 Å². The molecule has 62 valence electrons. The minimum Gasteiger partial charge on any atom is -0.197 e. The van der Waals surface area contributed by atoms with Gasteiger partial charge in [-0.2, -0.15) is 10.3 Å². The maximum atomic E-state index is 4.10. The van der Waals surface area contributed by atoms with Gasteiger partial charge >= 0.3 is 0 Å². The van der Waals surface area contributed by atoms with Gasteiger partial charge in [-0.05, 0) is 6.26 Å². The van der Waals surface area contributed by atoms with Crippen molar-refractivity contribution < 1.29 is 0 Å². The van der Waals surface area contributed by atoms with Gasteiger partial charge in [0.1, 0.15) is 10.7 Å². The molecule has 0 atom stereocenters. The van der Waals surface area contributed by atoms with Crippen molar-refractivity contribution in [1.82, 2.24) is 15.4 Å². The maximum Gasteiger partial charge on any atom is 0.142 e. The first-order chi connectivity index (χ1) is 5.05. The fraction of sp³-hybridized carbons (Fsp3) is 0.714. The molecule has 1 N–H and O–H groups in total. The molecule has 0 amide bonds. The second kappa shape index (κ2) is 2.85. The topological polar surface area (TPSA) is 41.6 Å². The zero-order chi connectivity index (χ0) is 8.48. The normalized spacial score (nSPS) is 12.0. The third-order valence-electron chi connectivity index (χ3n) is 1.42. The van der Waals surface area contributed by atoms with Crippen molar-refractivity contribution in [3.05, 3.63) is 5.69 Å². The highest BCUT2D eigenvalue weighted by atomic mass is 32.2. The van der Waals surface area contributed by atoms with Crippen molar-refractivity contribution >= 4 is 11.8 Å². The van der Waals surface area contributed by atoms with Crippen LogP contribution in [0.25, 0.3) is 0 Å². The monoisotopic (exact) mass is 171 g/mol. The van der Waals surface area contributed by atoms with Crippen LogP contribution in [0, 0.1) is 0 Å². The van der Waals surface area contributed by atoms with Crippen molar-refractivity contribution in [1.29, 1.82) is 0 Å². The molecule has 0 radical (unpaired) electrons. The first-order valence-corrected chi connectivity index (χ1v) is 4.73. The third-order valence-corrected chi connectivity index (χ3v) is 2.09. The van der Waals surface area contributed by atoms with Crippen LogP contribution in [0.1, 0.15) is 26.5 Å². The number of aromatic amines is 1. The molecule has 0 fully saturated rings. The predicted molar refractivity (Wildman–Crippen MR) is 46.9 cm³/mol. The largest absolute Gasteiger partial charge is 0.197 e. The molecular formula is C7H13N3S. The lowest BCUT2D eigenvalue weighted by Crippen LogP contribution is -2.12. The highest BCUT2D eigenvalue weighted by molar-refractivity contribution is 7.98. The molecule has 1 rings (SSSR count). The van der Waals surface area contributed by atoms with Crippen molar-refractivity contribution in [2.24, 2.45) is 0 Å². The fourth-order valence-corrected chi connectivity index (χ4v) is 1.53. The molecule has 3 nitrogen and oxygen atoms in total. The number of rotatable bonds is 1. The van der Waals surface area contributed by atoms with E-state index in [0.29, 0.717) is 0 Å². The molecule has 0 aromatic carbocycles. The van der Waals surface area contributed by atoms with Gasteiger partial charge in [0.15, 0.2) is 0 Å². The van der Waals surface area contributed by atoms with Crippen LogP contribution in [0.15, 0.2) is 5.03 Å². The average Bonchev–Trinajstić information content (AvgIpc) is 2.31. The van der Waals surface area contributed by atoms with E-state index in [0.717, 1.165) is 10.7 Å². The van der Waals surface area contributed by atoms with E-state index in [1.54, 1.807) is 11.8 Å². The summed E-state index contributed by atoms with van der Waals surface area (Å²) in [6.07, 6.45) is 2.01. The van der Waals surface area contributed by atoms with Crippen LogP contribution in [0.4, 0.5) is 0 Å². The smallest absolute Gasteiger partial charge is 0.142 e. The summed E-state index contributed by atoms with van der Waals surface area (Å²) in [6, 6.07) is 0. The number of hydrogen-bond acceptors (Lipinski definition) is 3. The number of aromatic nitrogens is 3. The summed E-state index contributed by atoms with van der Waals surface area (Å²) >= 11 is 1.62. The Morgan fingerprint density at radius 1 is 1.27 bits per heavy atom. The molecule has 0 aliphatic heterocycles. The Balaban J connectivity index is 3.02. The fourth-order valence-electron chi connectivity index (χ4n) is 0.852. The van der Waals surface area contributed by atoms with Gasteiger partial charge in [0.2, 0.25) is 0 Å². The number of hydrogen-bond donors (Lipinski definition) is 1. The van der Waals surface area contributed by atoms with Crippen LogP contribution in [-0.2, 0) is 5.41 Å². The summed E-state index contributed by atoms with van der Waals surface area (Å²) in [7, 11) is 0. The molecule has 4 heteroatoms. The first kappa shape index (κ1) is 8.59. The van der Waals surface area contributed by atoms with Gasteiger partial charge in [-0.25, -0.2) is 0 Å². The Kier molecular flexibility index (Phi) is 2.23. The summed E-state index contributed by atoms with van der Waals surface area (Å²) < 4.78 is 0. The maximum absolute atomic E-state index is 4.10. The summed E-state index contributed by atoms with van der Waals surface area (Å²) in [5.74, 6) is 0. The van der Waals surface area contributed by atoms with Crippen molar-refractivity contribution in [3.63, 3.8) is 0 Å². The number of nitrogens with one attached hydrogen (secondary N) is 1. The molecule has 0 spiro atoms. The second-order valence-corrected chi connectivity index (χ2v) is 4.23. The van der Waals surface area contributed by atoms with E-state index >= 15 is 0 Å². The van der Waals surface area contributed by atoms with E-state index < -0.39 is 0 Å². The quantitative estimate of drug-likeness (QED) is 0.655. The van der Waals surface area contributed by atoms with E-state index in [2.05, 4.69) is 36.2 Å². The molecule has 1 aromatic rings. The summed E-state index contributed by atoms with van der Waals surface area (Å²) in [5, 5.41) is 11.8. The summed E-state index contributed by atoms with van der Waals surface area (Å²) in [5.41, 5.74) is 1.13. The summed E-state index contributed by atoms with van der Waals surface area (Å²) in [4.78, 5) is 0. The molecule has 1 heterocycles. The second-order valence-electron chi connectivity index (χ2n) is 3.43. The van der Waals surface area contributed by atoms with Gasteiger partial charge in [-0.15, -0.1) is 16.9 Å². The van der Waals surface area contributed by atoms with E-state index in [4.69, 9.17) is 0 Å². The lowest BCUT2D eigenvalue weighted by Gasteiger charge is -2.14. The van der Waals surface area contributed by atoms with Crippen LogP contribution >= 0.6 is 11.8 Å². The molecule has 0 unspecified atom stereocenters. The van der Waals surface area contributed by atoms with Gasteiger partial charge in [0, 0.05) is 5.41 Å². The van der Waals surface area contributed by atoms with Gasteiger partial charge in [0.05, 0.1) is 0 Å². The Labute approximate surface area is 71.0 Å². The van der Waals surface area contributed by atoms with Crippen molar-refractivity contribution in [2.75, 3.05) is 6.26 Å². The molecule has 11 heavy (non-hydrogen) atoms. The van der Waals surface area contributed by atoms with Gasteiger partial charge < -0.3 is 0 Å². The van der Waals surface area contributed by atoms with E-state index in [1.807, 2.05) is 6.26 Å². The SMILES string of the molecule is CSc1n[nH]nc1C(C)(C)C. The lowest BCUT2D eigenvalue weighted by atomic mass is 9.93. The predicted octanol–water partition coefficient (Wildman–Crippen LogP) is 1.82. The van der Waals surface area contributed by atoms with Crippen LogP contribution < -0.4 is 0 Å². The molecular weight excluding hydrogens is 158 g/mol. The highest BCUT2D eigenvalue weighted by Gasteiger charge is 2.21. The Bertz CT molecular complexity index is 236. The number of thioether (sulfide) groups is 1. The first-order valence-electron chi connectivity index (χ1n) is 3.51. The number of H-pyrrole nitrogens is 1. The van der Waals surface area contributed by atoms with Crippen molar-refractivity contribution in [3.8, 4) is 0 Å². The minimum atomic E-state index is 0.0886. The Morgan fingerprint density at radius 3 is 2.27 bits per heavy atom. The molecule has 0 bridgehead atoms. The zero-order valence-electron chi connectivity index (χ0n) is 7.30. The van der Waals surface area contributed by atoms with Gasteiger partial charge in [-0.1, -0.05) is 20.8 Å². The Morgan fingerprint density at radius 2 is 1.91 bits per heavy atom. The molecule has 0 saturated heterocycles. The average molecular weight is 171 g/mol. The Hall–Kier alpha value is -0.510. The van der Waals surface area contributed by atoms with Crippen LogP contribution in [-0.4, -0.2) is 21.7 Å². The van der Waals surface area contributed by atoms with Gasteiger partial charge in [0.25, 0.3) is 0 Å². The summed E-state index contributed by atoms with van der Waals surface area (Å²) in [6.45, 7) is 6.39. The van der Waals surface area contributed by atoms with Crippen LogP contribution in [0.2, 0.25) is 0 Å². The van der Waals surface area contributed by atoms with E-state index in [1.165, 1.54) is 0 Å². The third kappa shape index (κ3) is 1.74. The molecule has 0 aliphatic rings. The van der Waals surface area contributed by atoms with Crippen molar-refractivity contribution in [2.45, 2.75) is 31.2 Å². The number of nitrogens with zero attached hydrogens (tertiary/aromatic N) is 2. The van der Waals surface area contributed by atoms with Crippen LogP contribution in [0.3, 0.4) is 0 Å².